The zero-order valence-electron chi connectivity index (χ0n) is 7.14. The molecular formula is C10H9Cl2N. The monoisotopic (exact) mass is 213 g/mol. The fourth-order valence-corrected chi connectivity index (χ4v) is 1.70. The van der Waals surface area contributed by atoms with E-state index in [1.54, 1.807) is 0 Å². The van der Waals surface area contributed by atoms with E-state index in [1.165, 1.54) is 0 Å². The summed E-state index contributed by atoms with van der Waals surface area (Å²) in [5.74, 6) is 0. The maximum Gasteiger partial charge on any atom is 0.0613 e. The van der Waals surface area contributed by atoms with Crippen molar-refractivity contribution in [2.75, 3.05) is 5.32 Å². The third-order valence-electron chi connectivity index (χ3n) is 2.04. The van der Waals surface area contributed by atoms with Crippen molar-refractivity contribution in [3.05, 3.63) is 33.8 Å². The molecular weight excluding hydrogens is 205 g/mol. The number of anilines is 1. The predicted octanol–water partition coefficient (Wildman–Crippen LogP) is 3.82. The van der Waals surface area contributed by atoms with Crippen molar-refractivity contribution in [3.8, 4) is 0 Å². The van der Waals surface area contributed by atoms with E-state index < -0.39 is 0 Å². The van der Waals surface area contributed by atoms with E-state index in [2.05, 4.69) is 24.4 Å². The number of halogens is 2. The van der Waals surface area contributed by atoms with Gasteiger partial charge in [-0.2, -0.15) is 0 Å². The van der Waals surface area contributed by atoms with Crippen LogP contribution in [-0.2, 0) is 0 Å². The number of hydrogen-bond donors (Lipinski definition) is 1. The number of rotatable bonds is 0. The quantitative estimate of drug-likeness (QED) is 0.692. The number of benzene rings is 1. The summed E-state index contributed by atoms with van der Waals surface area (Å²) >= 11 is 11.8. The molecule has 1 aliphatic rings. The minimum absolute atomic E-state index is 0.352. The molecule has 2 rings (SSSR count). The normalized spacial score (nSPS) is 19.5. The smallest absolute Gasteiger partial charge is 0.0613 e. The first-order valence-electron chi connectivity index (χ1n) is 4.10. The van der Waals surface area contributed by atoms with E-state index in [1.807, 2.05) is 12.1 Å². The number of nitrogens with one attached hydrogen (secondary N) is 1. The molecule has 0 aliphatic carbocycles. The minimum Gasteiger partial charge on any atom is -0.379 e. The minimum atomic E-state index is 0.352. The van der Waals surface area contributed by atoms with Crippen LogP contribution < -0.4 is 5.32 Å². The highest BCUT2D eigenvalue weighted by molar-refractivity contribution is 6.42. The molecule has 0 aromatic heterocycles. The van der Waals surface area contributed by atoms with Gasteiger partial charge >= 0.3 is 0 Å². The van der Waals surface area contributed by atoms with E-state index in [0.29, 0.717) is 16.1 Å². The highest BCUT2D eigenvalue weighted by atomic mass is 35.5. The maximum atomic E-state index is 5.90. The summed E-state index contributed by atoms with van der Waals surface area (Å²) in [5, 5.41) is 4.49. The van der Waals surface area contributed by atoms with Crippen LogP contribution in [0.15, 0.2) is 18.2 Å². The Hall–Kier alpha value is -0.660. The molecule has 0 fully saturated rings. The molecule has 0 saturated heterocycles. The van der Waals surface area contributed by atoms with E-state index in [0.717, 1.165) is 11.3 Å². The van der Waals surface area contributed by atoms with Crippen LogP contribution in [0.3, 0.4) is 0 Å². The van der Waals surface area contributed by atoms with Gasteiger partial charge in [0, 0.05) is 11.7 Å². The van der Waals surface area contributed by atoms with Crippen molar-refractivity contribution in [3.63, 3.8) is 0 Å². The lowest BCUT2D eigenvalue weighted by Crippen LogP contribution is -2.15. The molecule has 1 atom stereocenters. The molecule has 1 aromatic carbocycles. The first kappa shape index (κ1) is 8.92. The van der Waals surface area contributed by atoms with Gasteiger partial charge < -0.3 is 5.32 Å². The van der Waals surface area contributed by atoms with Crippen LogP contribution in [0.2, 0.25) is 10.0 Å². The van der Waals surface area contributed by atoms with E-state index in [-0.39, 0.29) is 0 Å². The fourth-order valence-electron chi connectivity index (χ4n) is 1.37. The average Bonchev–Trinajstić information content (AvgIpc) is 2.08. The molecule has 1 unspecified atom stereocenters. The Kier molecular flexibility index (Phi) is 2.22. The molecule has 0 radical (unpaired) electrons. The Labute approximate surface area is 87.4 Å². The second-order valence-corrected chi connectivity index (χ2v) is 3.96. The summed E-state index contributed by atoms with van der Waals surface area (Å²) in [6.07, 6.45) is 4.14. The van der Waals surface area contributed by atoms with Crippen LogP contribution in [-0.4, -0.2) is 6.04 Å². The lowest BCUT2D eigenvalue weighted by molar-refractivity contribution is 0.992. The second-order valence-electron chi connectivity index (χ2n) is 3.15. The van der Waals surface area contributed by atoms with Crippen LogP contribution in [0.1, 0.15) is 12.5 Å². The molecule has 0 bridgehead atoms. The molecule has 1 nitrogen and oxygen atoms in total. The summed E-state index contributed by atoms with van der Waals surface area (Å²) in [5.41, 5.74) is 2.14. The van der Waals surface area contributed by atoms with Crippen LogP contribution in [0.4, 0.5) is 5.69 Å². The molecule has 0 amide bonds. The zero-order chi connectivity index (χ0) is 9.42. The Morgan fingerprint density at radius 1 is 1.23 bits per heavy atom. The SMILES string of the molecule is CC1C=Cc2cc(Cl)c(Cl)cc2N1. The van der Waals surface area contributed by atoms with Gasteiger partial charge in [-0.05, 0) is 24.6 Å². The number of fused-ring (bicyclic) bond motifs is 1. The van der Waals surface area contributed by atoms with Crippen molar-refractivity contribution in [1.29, 1.82) is 0 Å². The predicted molar refractivity (Wildman–Crippen MR) is 58.6 cm³/mol. The summed E-state index contributed by atoms with van der Waals surface area (Å²) in [6.45, 7) is 2.09. The maximum absolute atomic E-state index is 5.90. The van der Waals surface area contributed by atoms with Gasteiger partial charge in [-0.3, -0.25) is 0 Å². The fraction of sp³-hybridized carbons (Fsp3) is 0.200. The molecule has 1 heterocycles. The molecule has 13 heavy (non-hydrogen) atoms. The average molecular weight is 214 g/mol. The Balaban J connectivity index is 2.52. The third-order valence-corrected chi connectivity index (χ3v) is 2.76. The molecule has 1 aromatic rings. The largest absolute Gasteiger partial charge is 0.379 e. The van der Waals surface area contributed by atoms with E-state index >= 15 is 0 Å². The van der Waals surface area contributed by atoms with Crippen molar-refractivity contribution < 1.29 is 0 Å². The molecule has 1 N–H and O–H groups in total. The van der Waals surface area contributed by atoms with Crippen LogP contribution in [0.5, 0.6) is 0 Å². The molecule has 0 saturated carbocycles. The van der Waals surface area contributed by atoms with Crippen molar-refractivity contribution in [2.45, 2.75) is 13.0 Å². The Morgan fingerprint density at radius 2 is 1.92 bits per heavy atom. The first-order chi connectivity index (χ1) is 6.16. The topological polar surface area (TPSA) is 12.0 Å². The van der Waals surface area contributed by atoms with E-state index in [4.69, 9.17) is 23.2 Å². The van der Waals surface area contributed by atoms with Gasteiger partial charge in [-0.15, -0.1) is 0 Å². The van der Waals surface area contributed by atoms with Crippen LogP contribution >= 0.6 is 23.2 Å². The molecule has 68 valence electrons. The standard InChI is InChI=1S/C10H9Cl2N/c1-6-2-3-7-4-8(11)9(12)5-10(7)13-6/h2-6,13H,1H3. The first-order valence-corrected chi connectivity index (χ1v) is 4.86. The lowest BCUT2D eigenvalue weighted by Gasteiger charge is -2.19. The molecule has 1 aliphatic heterocycles. The molecule has 3 heteroatoms. The summed E-state index contributed by atoms with van der Waals surface area (Å²) in [4.78, 5) is 0. The Morgan fingerprint density at radius 3 is 2.69 bits per heavy atom. The van der Waals surface area contributed by atoms with Crippen LogP contribution in [0, 0.1) is 0 Å². The summed E-state index contributed by atoms with van der Waals surface area (Å²) in [7, 11) is 0. The second kappa shape index (κ2) is 3.24. The highest BCUT2D eigenvalue weighted by Gasteiger charge is 2.10. The van der Waals surface area contributed by atoms with Crippen molar-refractivity contribution in [2.24, 2.45) is 0 Å². The van der Waals surface area contributed by atoms with Gasteiger partial charge in [0.1, 0.15) is 0 Å². The molecule has 0 spiro atoms. The zero-order valence-corrected chi connectivity index (χ0v) is 8.65. The lowest BCUT2D eigenvalue weighted by atomic mass is 10.1. The van der Waals surface area contributed by atoms with Gasteiger partial charge in [-0.25, -0.2) is 0 Å². The van der Waals surface area contributed by atoms with E-state index in [9.17, 15) is 0 Å². The van der Waals surface area contributed by atoms with Gasteiger partial charge in [-0.1, -0.05) is 35.4 Å². The summed E-state index contributed by atoms with van der Waals surface area (Å²) in [6, 6.07) is 4.08. The summed E-state index contributed by atoms with van der Waals surface area (Å²) < 4.78 is 0. The highest BCUT2D eigenvalue weighted by Crippen LogP contribution is 2.32. The van der Waals surface area contributed by atoms with Gasteiger partial charge in [0.05, 0.1) is 10.0 Å². The van der Waals surface area contributed by atoms with Gasteiger partial charge in [0.15, 0.2) is 0 Å². The Bertz CT molecular complexity index is 371. The van der Waals surface area contributed by atoms with Crippen molar-refractivity contribution in [1.82, 2.24) is 0 Å². The van der Waals surface area contributed by atoms with Gasteiger partial charge in [0.2, 0.25) is 0 Å². The van der Waals surface area contributed by atoms with Crippen molar-refractivity contribution >= 4 is 35.0 Å². The van der Waals surface area contributed by atoms with Gasteiger partial charge in [0.25, 0.3) is 0 Å². The third kappa shape index (κ3) is 1.67. The number of hydrogen-bond acceptors (Lipinski definition) is 1. The van der Waals surface area contributed by atoms with Crippen LogP contribution in [0.25, 0.3) is 6.08 Å².